The van der Waals surface area contributed by atoms with E-state index < -0.39 is 34.2 Å². The van der Waals surface area contributed by atoms with Gasteiger partial charge in [-0.25, -0.2) is 8.42 Å². The normalized spacial score (nSPS) is 11.9. The number of alkyl halides is 3. The van der Waals surface area contributed by atoms with E-state index in [9.17, 15) is 26.4 Å². The molecule has 0 aromatic heterocycles. The topological polar surface area (TPSA) is 66.5 Å². The number of hydrogen-bond acceptors (Lipinski definition) is 3. The minimum absolute atomic E-state index is 0.115. The highest BCUT2D eigenvalue weighted by molar-refractivity contribution is 7.92. The Morgan fingerprint density at radius 2 is 1.74 bits per heavy atom. The number of carbonyl (C=O) groups excluding carboxylic acids is 1. The van der Waals surface area contributed by atoms with Crippen LogP contribution in [0.3, 0.4) is 0 Å². The second kappa shape index (κ2) is 7.77. The van der Waals surface area contributed by atoms with E-state index in [-0.39, 0.29) is 11.4 Å². The number of hydrogen-bond donors (Lipinski definition) is 1. The average molecular weight is 421 g/mol. The SMILES string of the molecule is Cc1c(Cl)cccc1N(CC(=O)Nc1ccc(C(F)(F)F)cc1)S(C)(=O)=O. The van der Waals surface area contributed by atoms with Gasteiger partial charge in [0.1, 0.15) is 6.54 Å². The van der Waals surface area contributed by atoms with Crippen molar-refractivity contribution in [1.29, 1.82) is 0 Å². The molecule has 0 aliphatic heterocycles. The van der Waals surface area contributed by atoms with Crippen molar-refractivity contribution in [2.45, 2.75) is 13.1 Å². The molecule has 2 rings (SSSR count). The van der Waals surface area contributed by atoms with Crippen LogP contribution in [-0.2, 0) is 21.0 Å². The minimum atomic E-state index is -4.49. The number of rotatable bonds is 5. The molecular formula is C17H16ClF3N2O3S. The van der Waals surface area contributed by atoms with Gasteiger partial charge in [-0.2, -0.15) is 13.2 Å². The van der Waals surface area contributed by atoms with Gasteiger partial charge in [0.2, 0.25) is 15.9 Å². The van der Waals surface area contributed by atoms with E-state index in [1.54, 1.807) is 19.1 Å². The molecule has 1 amide bonds. The number of benzene rings is 2. The molecule has 0 fully saturated rings. The smallest absolute Gasteiger partial charge is 0.325 e. The number of carbonyl (C=O) groups is 1. The number of halogens is 4. The van der Waals surface area contributed by atoms with Gasteiger partial charge in [-0.05, 0) is 48.9 Å². The predicted octanol–water partition coefficient (Wildman–Crippen LogP) is 4.07. The van der Waals surface area contributed by atoms with Crippen molar-refractivity contribution in [3.8, 4) is 0 Å². The van der Waals surface area contributed by atoms with E-state index in [1.807, 2.05) is 0 Å². The highest BCUT2D eigenvalue weighted by Gasteiger charge is 2.30. The van der Waals surface area contributed by atoms with Crippen LogP contribution in [0.25, 0.3) is 0 Å². The zero-order valence-corrected chi connectivity index (χ0v) is 15.9. The molecule has 0 bridgehead atoms. The Bertz CT molecular complexity index is 945. The summed E-state index contributed by atoms with van der Waals surface area (Å²) in [6.45, 7) is 1.06. The third-order valence-corrected chi connectivity index (χ3v) is 5.23. The summed E-state index contributed by atoms with van der Waals surface area (Å²) in [4.78, 5) is 12.2. The molecule has 0 saturated carbocycles. The molecule has 0 unspecified atom stereocenters. The fraction of sp³-hybridized carbons (Fsp3) is 0.235. The third-order valence-electron chi connectivity index (χ3n) is 3.69. The van der Waals surface area contributed by atoms with E-state index in [0.29, 0.717) is 10.6 Å². The standard InChI is InChI=1S/C17H16ClF3N2O3S/c1-11-14(18)4-3-5-15(11)23(27(2,25)26)10-16(24)22-13-8-6-12(7-9-13)17(19,20)21/h3-9H,10H2,1-2H3,(H,22,24). The minimum Gasteiger partial charge on any atom is -0.325 e. The predicted molar refractivity (Wildman–Crippen MR) is 98.5 cm³/mol. The molecule has 0 aliphatic rings. The Morgan fingerprint density at radius 3 is 2.26 bits per heavy atom. The summed E-state index contributed by atoms with van der Waals surface area (Å²) in [5, 5.41) is 2.72. The zero-order chi connectivity index (χ0) is 20.4. The van der Waals surface area contributed by atoms with Crippen molar-refractivity contribution in [1.82, 2.24) is 0 Å². The van der Waals surface area contributed by atoms with Crippen molar-refractivity contribution in [3.05, 3.63) is 58.6 Å². The fourth-order valence-electron chi connectivity index (χ4n) is 2.32. The van der Waals surface area contributed by atoms with Crippen molar-refractivity contribution >= 4 is 38.9 Å². The highest BCUT2D eigenvalue weighted by atomic mass is 35.5. The van der Waals surface area contributed by atoms with Crippen LogP contribution in [0.1, 0.15) is 11.1 Å². The van der Waals surface area contributed by atoms with Gasteiger partial charge >= 0.3 is 6.18 Å². The van der Waals surface area contributed by atoms with Crippen LogP contribution in [0.2, 0.25) is 5.02 Å². The van der Waals surface area contributed by atoms with Crippen molar-refractivity contribution in [2.75, 3.05) is 22.4 Å². The van der Waals surface area contributed by atoms with Crippen LogP contribution in [0, 0.1) is 6.92 Å². The lowest BCUT2D eigenvalue weighted by atomic mass is 10.2. The number of nitrogens with zero attached hydrogens (tertiary/aromatic N) is 1. The molecular weight excluding hydrogens is 405 g/mol. The summed E-state index contributed by atoms with van der Waals surface area (Å²) in [5.41, 5.74) is -0.0171. The van der Waals surface area contributed by atoms with Gasteiger partial charge in [-0.1, -0.05) is 17.7 Å². The Kier molecular flexibility index (Phi) is 6.06. The van der Waals surface area contributed by atoms with Gasteiger partial charge in [0.05, 0.1) is 17.5 Å². The number of anilines is 2. The second-order valence-electron chi connectivity index (χ2n) is 5.78. The molecule has 0 aliphatic carbocycles. The first-order chi connectivity index (χ1) is 12.4. The van der Waals surface area contributed by atoms with Gasteiger partial charge in [-0.15, -0.1) is 0 Å². The van der Waals surface area contributed by atoms with Gasteiger partial charge < -0.3 is 5.32 Å². The number of sulfonamides is 1. The Hall–Kier alpha value is -2.26. The molecule has 2 aromatic carbocycles. The van der Waals surface area contributed by atoms with E-state index in [4.69, 9.17) is 11.6 Å². The first-order valence-corrected chi connectivity index (χ1v) is 9.82. The average Bonchev–Trinajstić information content (AvgIpc) is 2.54. The third kappa shape index (κ3) is 5.36. The van der Waals surface area contributed by atoms with Crippen LogP contribution in [-0.4, -0.2) is 27.1 Å². The molecule has 146 valence electrons. The van der Waals surface area contributed by atoms with E-state index in [0.717, 1.165) is 34.8 Å². The van der Waals surface area contributed by atoms with Crippen LogP contribution >= 0.6 is 11.6 Å². The summed E-state index contributed by atoms with van der Waals surface area (Å²) in [5.74, 6) is -0.709. The van der Waals surface area contributed by atoms with Crippen LogP contribution < -0.4 is 9.62 Å². The quantitative estimate of drug-likeness (QED) is 0.792. The summed E-state index contributed by atoms with van der Waals surface area (Å²) in [6, 6.07) is 8.48. The molecule has 0 heterocycles. The highest BCUT2D eigenvalue weighted by Crippen LogP contribution is 2.30. The molecule has 0 atom stereocenters. The van der Waals surface area contributed by atoms with Gasteiger partial charge in [-0.3, -0.25) is 9.10 Å². The molecule has 2 aromatic rings. The van der Waals surface area contributed by atoms with Crippen molar-refractivity contribution < 1.29 is 26.4 Å². The number of nitrogens with one attached hydrogen (secondary N) is 1. The maximum atomic E-state index is 12.6. The van der Waals surface area contributed by atoms with Crippen molar-refractivity contribution in [3.63, 3.8) is 0 Å². The van der Waals surface area contributed by atoms with E-state index in [2.05, 4.69) is 5.32 Å². The van der Waals surface area contributed by atoms with E-state index >= 15 is 0 Å². The first kappa shape index (κ1) is 21.0. The molecule has 0 radical (unpaired) electrons. The van der Waals surface area contributed by atoms with Gasteiger partial charge in [0.25, 0.3) is 0 Å². The lowest BCUT2D eigenvalue weighted by Crippen LogP contribution is -2.37. The lowest BCUT2D eigenvalue weighted by Gasteiger charge is -2.24. The Morgan fingerprint density at radius 1 is 1.15 bits per heavy atom. The molecule has 10 heteroatoms. The van der Waals surface area contributed by atoms with Crippen LogP contribution in [0.15, 0.2) is 42.5 Å². The summed E-state index contributed by atoms with van der Waals surface area (Å²) in [6.07, 6.45) is -3.54. The molecule has 0 spiro atoms. The lowest BCUT2D eigenvalue weighted by molar-refractivity contribution is -0.137. The summed E-state index contributed by atoms with van der Waals surface area (Å²) >= 11 is 6.01. The zero-order valence-electron chi connectivity index (χ0n) is 14.3. The monoisotopic (exact) mass is 420 g/mol. The maximum Gasteiger partial charge on any atom is 0.416 e. The van der Waals surface area contributed by atoms with Crippen molar-refractivity contribution in [2.24, 2.45) is 0 Å². The molecule has 0 saturated heterocycles. The molecule has 5 nitrogen and oxygen atoms in total. The maximum absolute atomic E-state index is 12.6. The summed E-state index contributed by atoms with van der Waals surface area (Å²) in [7, 11) is -3.81. The number of amides is 1. The Labute approximate surface area is 159 Å². The Balaban J connectivity index is 2.21. The second-order valence-corrected chi connectivity index (χ2v) is 8.09. The van der Waals surface area contributed by atoms with Gasteiger partial charge in [0, 0.05) is 10.7 Å². The molecule has 1 N–H and O–H groups in total. The first-order valence-electron chi connectivity index (χ1n) is 7.59. The summed E-state index contributed by atoms with van der Waals surface area (Å²) < 4.78 is 62.8. The van der Waals surface area contributed by atoms with Gasteiger partial charge in [0.15, 0.2) is 0 Å². The van der Waals surface area contributed by atoms with E-state index in [1.165, 1.54) is 6.07 Å². The fourth-order valence-corrected chi connectivity index (χ4v) is 3.40. The van der Waals surface area contributed by atoms with Crippen LogP contribution in [0.4, 0.5) is 24.5 Å². The molecule has 27 heavy (non-hydrogen) atoms. The van der Waals surface area contributed by atoms with Crippen LogP contribution in [0.5, 0.6) is 0 Å². The largest absolute Gasteiger partial charge is 0.416 e.